The maximum atomic E-state index is 16.7. The molecule has 0 aliphatic rings. The Morgan fingerprint density at radius 3 is 0.905 bits per heavy atom. The van der Waals surface area contributed by atoms with Crippen molar-refractivity contribution in [2.24, 2.45) is 0 Å². The van der Waals surface area contributed by atoms with E-state index in [0.29, 0.717) is 22.7 Å². The van der Waals surface area contributed by atoms with Gasteiger partial charge in [-0.1, -0.05) is 168 Å². The molecule has 74 heavy (non-hydrogen) atoms. The summed E-state index contributed by atoms with van der Waals surface area (Å²) in [5.41, 5.74) is 14.5. The minimum absolute atomic E-state index is 0.0444. The quantitative estimate of drug-likeness (QED) is 0.0995. The summed E-state index contributed by atoms with van der Waals surface area (Å²) >= 11 is 0. The van der Waals surface area contributed by atoms with E-state index in [0.717, 1.165) is 111 Å². The van der Waals surface area contributed by atoms with Gasteiger partial charge in [-0.05, 0) is 167 Å². The molecule has 12 aromatic rings. The summed E-state index contributed by atoms with van der Waals surface area (Å²) in [6.07, 6.45) is 0. The lowest BCUT2D eigenvalue weighted by Crippen LogP contribution is -2.14. The van der Waals surface area contributed by atoms with Gasteiger partial charge in [0.2, 0.25) is 0 Å². The van der Waals surface area contributed by atoms with Crippen LogP contribution in [0.1, 0.15) is 22.3 Å². The third-order valence-electron chi connectivity index (χ3n) is 14.2. The van der Waals surface area contributed by atoms with Crippen LogP contribution in [0.3, 0.4) is 0 Å². The van der Waals surface area contributed by atoms with Crippen molar-refractivity contribution in [2.75, 3.05) is 9.80 Å². The van der Waals surface area contributed by atoms with E-state index in [4.69, 9.17) is 0 Å². The van der Waals surface area contributed by atoms with Crippen LogP contribution in [0, 0.1) is 51.0 Å². The average Bonchev–Trinajstić information content (AvgIpc) is 3.42. The summed E-state index contributed by atoms with van der Waals surface area (Å²) in [7, 11) is 0. The second-order valence-corrected chi connectivity index (χ2v) is 19.4. The Balaban J connectivity index is 1.13. The molecule has 0 N–H and O–H groups in total. The van der Waals surface area contributed by atoms with Gasteiger partial charge in [0.25, 0.3) is 0 Å². The van der Waals surface area contributed by atoms with E-state index < -0.39 is 23.3 Å². The van der Waals surface area contributed by atoms with E-state index in [2.05, 4.69) is 113 Å². The lowest BCUT2D eigenvalue weighted by Gasteiger charge is -2.30. The molecule has 0 saturated heterocycles. The van der Waals surface area contributed by atoms with Crippen molar-refractivity contribution in [1.29, 1.82) is 0 Å². The summed E-state index contributed by atoms with van der Waals surface area (Å²) in [5.74, 6) is -3.90. The van der Waals surface area contributed by atoms with Crippen LogP contribution in [-0.4, -0.2) is 0 Å². The van der Waals surface area contributed by atoms with Crippen LogP contribution < -0.4 is 9.80 Å². The molecule has 2 nitrogen and oxygen atoms in total. The van der Waals surface area contributed by atoms with Gasteiger partial charge >= 0.3 is 0 Å². The third kappa shape index (κ3) is 8.28. The number of rotatable bonds is 10. The Bertz CT molecular complexity index is 3760. The number of nitrogens with zero attached hydrogens (tertiary/aromatic N) is 2. The van der Waals surface area contributed by atoms with Crippen LogP contribution in [0.2, 0.25) is 0 Å². The highest BCUT2D eigenvalue weighted by molar-refractivity contribution is 6.28. The van der Waals surface area contributed by atoms with Gasteiger partial charge in [0.05, 0.1) is 22.7 Å². The first-order valence-corrected chi connectivity index (χ1v) is 24.7. The maximum Gasteiger partial charge on any atom is 0.182 e. The van der Waals surface area contributed by atoms with E-state index in [-0.39, 0.29) is 11.4 Å². The molecule has 12 aromatic carbocycles. The maximum absolute atomic E-state index is 16.7. The topological polar surface area (TPSA) is 6.48 Å². The zero-order valence-corrected chi connectivity index (χ0v) is 41.2. The van der Waals surface area contributed by atoms with E-state index >= 15 is 17.6 Å². The van der Waals surface area contributed by atoms with E-state index in [1.54, 1.807) is 12.1 Å². The summed E-state index contributed by atoms with van der Waals surface area (Å²) in [5, 5.41) is 5.16. The molecule has 6 heteroatoms. The molecule has 0 aliphatic carbocycles. The zero-order valence-electron chi connectivity index (χ0n) is 41.2. The fourth-order valence-electron chi connectivity index (χ4n) is 10.8. The predicted octanol–water partition coefficient (Wildman–Crippen LogP) is 20.0. The second kappa shape index (κ2) is 18.6. The standard InChI is InChI=1S/C68H48F4N2/c1-41-11-5-15-47(31-41)51-35-52(48-16-6-12-42(2)32-48)38-55(37-51)73(63-21-9-19-59(69)67(63)71)61-29-25-45-24-28-58-62(30-26-46-23-27-57(61)65(45)66(46)58)74(64-22-10-20-60(70)68(64)72)56-39-53(49-17-7-13-43(3)33-49)36-54(40-56)50-18-8-14-44(4)34-50/h5-40H,1-4H3. The van der Waals surface area contributed by atoms with E-state index in [1.165, 1.54) is 12.1 Å². The number of aryl methyl sites for hydroxylation is 4. The number of halogens is 4. The van der Waals surface area contributed by atoms with Gasteiger partial charge in [-0.3, -0.25) is 0 Å². The lowest BCUT2D eigenvalue weighted by atomic mass is 9.91. The van der Waals surface area contributed by atoms with Gasteiger partial charge in [0, 0.05) is 22.1 Å². The molecular formula is C68H48F4N2. The molecule has 358 valence electrons. The predicted molar refractivity (Wildman–Crippen MR) is 300 cm³/mol. The molecule has 12 rings (SSSR count). The van der Waals surface area contributed by atoms with E-state index in [9.17, 15) is 0 Å². The largest absolute Gasteiger partial charge is 0.307 e. The van der Waals surface area contributed by atoms with Gasteiger partial charge in [-0.25, -0.2) is 17.6 Å². The summed E-state index contributed by atoms with van der Waals surface area (Å²) < 4.78 is 64.8. The Morgan fingerprint density at radius 1 is 0.270 bits per heavy atom. The number of benzene rings is 12. The van der Waals surface area contributed by atoms with Crippen molar-refractivity contribution in [3.8, 4) is 44.5 Å². The molecule has 0 unspecified atom stereocenters. The zero-order chi connectivity index (χ0) is 50.8. The fraction of sp³-hybridized carbons (Fsp3) is 0.0588. The molecule has 0 heterocycles. The highest BCUT2D eigenvalue weighted by atomic mass is 19.2. The van der Waals surface area contributed by atoms with Crippen LogP contribution in [0.5, 0.6) is 0 Å². The van der Waals surface area contributed by atoms with Crippen LogP contribution in [0.25, 0.3) is 76.8 Å². The summed E-state index contributed by atoms with van der Waals surface area (Å²) in [4.78, 5) is 3.64. The SMILES string of the molecule is Cc1cccc(-c2cc(-c3cccc(C)c3)cc(N(c3cccc(F)c3F)c3ccc4ccc5c(N(c6cc(-c7cccc(C)c7)cc(-c7cccc(C)c7)c6)c6cccc(F)c6F)ccc6ccc3c4c65)c2)c1. The van der Waals surface area contributed by atoms with Gasteiger partial charge in [0.15, 0.2) is 23.3 Å². The minimum atomic E-state index is -0.982. The van der Waals surface area contributed by atoms with E-state index in [1.807, 2.05) is 107 Å². The normalized spacial score (nSPS) is 11.5. The van der Waals surface area contributed by atoms with Crippen LogP contribution in [0.15, 0.2) is 218 Å². The van der Waals surface area contributed by atoms with Crippen molar-refractivity contribution in [1.82, 2.24) is 0 Å². The Kier molecular flexibility index (Phi) is 11.6. The fourth-order valence-corrected chi connectivity index (χ4v) is 10.8. The molecule has 0 bridgehead atoms. The molecule has 0 radical (unpaired) electrons. The van der Waals surface area contributed by atoms with Crippen molar-refractivity contribution in [2.45, 2.75) is 27.7 Å². The van der Waals surface area contributed by atoms with Crippen LogP contribution in [-0.2, 0) is 0 Å². The third-order valence-corrected chi connectivity index (χ3v) is 14.2. The van der Waals surface area contributed by atoms with Gasteiger partial charge in [-0.15, -0.1) is 0 Å². The average molecular weight is 969 g/mol. The molecule has 0 atom stereocenters. The first-order chi connectivity index (χ1) is 35.9. The first kappa shape index (κ1) is 46.1. The Morgan fingerprint density at radius 2 is 0.581 bits per heavy atom. The monoisotopic (exact) mass is 968 g/mol. The number of hydrogen-bond acceptors (Lipinski definition) is 2. The van der Waals surface area contributed by atoms with Gasteiger partial charge < -0.3 is 9.80 Å². The summed E-state index contributed by atoms with van der Waals surface area (Å²) in [6, 6.07) is 70.2. The molecule has 0 fully saturated rings. The highest BCUT2D eigenvalue weighted by Gasteiger charge is 2.27. The van der Waals surface area contributed by atoms with Crippen LogP contribution in [0.4, 0.5) is 51.7 Å². The number of hydrogen-bond donors (Lipinski definition) is 0. The smallest absolute Gasteiger partial charge is 0.182 e. The molecule has 0 spiro atoms. The minimum Gasteiger partial charge on any atom is -0.307 e. The van der Waals surface area contributed by atoms with Crippen molar-refractivity contribution < 1.29 is 17.6 Å². The van der Waals surface area contributed by atoms with Crippen molar-refractivity contribution in [3.05, 3.63) is 264 Å². The lowest BCUT2D eigenvalue weighted by molar-refractivity contribution is 0.510. The van der Waals surface area contributed by atoms with Gasteiger partial charge in [-0.2, -0.15) is 0 Å². The molecule has 0 saturated carbocycles. The molecule has 0 aliphatic heterocycles. The van der Waals surface area contributed by atoms with Gasteiger partial charge in [0.1, 0.15) is 0 Å². The second-order valence-electron chi connectivity index (χ2n) is 19.4. The molecular weight excluding hydrogens is 921 g/mol. The van der Waals surface area contributed by atoms with Crippen LogP contribution >= 0.6 is 0 Å². The van der Waals surface area contributed by atoms with Crippen molar-refractivity contribution >= 4 is 66.4 Å². The molecule has 0 aromatic heterocycles. The van der Waals surface area contributed by atoms with Crippen molar-refractivity contribution in [3.63, 3.8) is 0 Å². The highest BCUT2D eigenvalue weighted by Crippen LogP contribution is 2.50. The summed E-state index contributed by atoms with van der Waals surface area (Å²) in [6.45, 7) is 8.22. The molecule has 0 amide bonds. The Hall–Kier alpha value is -9.00. The first-order valence-electron chi connectivity index (χ1n) is 24.7. The number of anilines is 6. The Labute approximate surface area is 428 Å².